The van der Waals surface area contributed by atoms with Gasteiger partial charge in [-0.05, 0) is 43.0 Å². The Bertz CT molecular complexity index is 646. The van der Waals surface area contributed by atoms with E-state index in [9.17, 15) is 5.11 Å². The normalized spacial score (nSPS) is 26.0. The number of fused-ring (bicyclic) bond motifs is 1. The van der Waals surface area contributed by atoms with Crippen molar-refractivity contribution < 1.29 is 5.11 Å². The average molecular weight is 305 g/mol. The highest BCUT2D eigenvalue weighted by Crippen LogP contribution is 2.36. The van der Waals surface area contributed by atoms with Gasteiger partial charge in [-0.25, -0.2) is 0 Å². The van der Waals surface area contributed by atoms with E-state index >= 15 is 0 Å². The van der Waals surface area contributed by atoms with Crippen molar-refractivity contribution >= 4 is 28.2 Å². The van der Waals surface area contributed by atoms with Crippen LogP contribution >= 0.6 is 11.6 Å². The van der Waals surface area contributed by atoms with Crippen molar-refractivity contribution in [2.45, 2.75) is 38.1 Å². The van der Waals surface area contributed by atoms with Crippen LogP contribution in [-0.2, 0) is 0 Å². The molecule has 112 valence electrons. The van der Waals surface area contributed by atoms with Crippen LogP contribution in [0, 0.1) is 5.92 Å². The number of hydrogen-bond acceptors (Lipinski definition) is 3. The summed E-state index contributed by atoms with van der Waals surface area (Å²) in [6.45, 7) is 2.42. The Kier molecular flexibility index (Phi) is 4.05. The van der Waals surface area contributed by atoms with Crippen LogP contribution in [0.4, 0.5) is 5.69 Å². The molecule has 0 bridgehead atoms. The van der Waals surface area contributed by atoms with Gasteiger partial charge in [0.15, 0.2) is 0 Å². The Labute approximate surface area is 130 Å². The molecule has 2 aromatic rings. The molecule has 3 rings (SSSR count). The first kappa shape index (κ1) is 14.6. The molecule has 4 heteroatoms. The topological polar surface area (TPSA) is 45.1 Å². The Hall–Kier alpha value is -1.32. The predicted octanol–water partition coefficient (Wildman–Crippen LogP) is 4.24. The van der Waals surface area contributed by atoms with Crippen LogP contribution in [0.2, 0.25) is 5.02 Å². The van der Waals surface area contributed by atoms with Gasteiger partial charge in [0.05, 0.1) is 17.7 Å². The number of aromatic nitrogens is 1. The van der Waals surface area contributed by atoms with Gasteiger partial charge in [-0.15, -0.1) is 0 Å². The fraction of sp³-hybridized carbons (Fsp3) is 0.471. The first-order valence-electron chi connectivity index (χ1n) is 7.55. The molecule has 2 unspecified atom stereocenters. The Morgan fingerprint density at radius 2 is 2.29 bits per heavy atom. The second-order valence-corrected chi connectivity index (χ2v) is 6.72. The molecular formula is C17H21ClN2O. The second-order valence-electron chi connectivity index (χ2n) is 6.28. The molecule has 0 spiro atoms. The average Bonchev–Trinajstić information content (AvgIpc) is 2.47. The van der Waals surface area contributed by atoms with Gasteiger partial charge in [-0.3, -0.25) is 4.98 Å². The zero-order valence-electron chi connectivity index (χ0n) is 12.3. The van der Waals surface area contributed by atoms with Crippen molar-refractivity contribution in [3.63, 3.8) is 0 Å². The Balaban J connectivity index is 1.96. The molecule has 1 aromatic carbocycles. The number of nitrogens with zero attached hydrogens (tertiary/aromatic N) is 1. The monoisotopic (exact) mass is 304 g/mol. The summed E-state index contributed by atoms with van der Waals surface area (Å²) in [5.74, 6) is 0.640. The fourth-order valence-corrected chi connectivity index (χ4v) is 3.64. The van der Waals surface area contributed by atoms with Crippen LogP contribution in [-0.4, -0.2) is 22.2 Å². The van der Waals surface area contributed by atoms with E-state index in [0.29, 0.717) is 10.9 Å². The van der Waals surface area contributed by atoms with Crippen molar-refractivity contribution in [1.29, 1.82) is 0 Å². The van der Waals surface area contributed by atoms with Gasteiger partial charge in [0, 0.05) is 22.3 Å². The van der Waals surface area contributed by atoms with E-state index in [4.69, 9.17) is 11.6 Å². The van der Waals surface area contributed by atoms with Crippen molar-refractivity contribution in [3.8, 4) is 0 Å². The summed E-state index contributed by atoms with van der Waals surface area (Å²) >= 11 is 6.04. The molecule has 1 aromatic heterocycles. The van der Waals surface area contributed by atoms with Crippen molar-refractivity contribution in [2.24, 2.45) is 5.92 Å². The molecule has 1 fully saturated rings. The van der Waals surface area contributed by atoms with E-state index < -0.39 is 0 Å². The van der Waals surface area contributed by atoms with Crippen LogP contribution in [0.1, 0.15) is 32.6 Å². The number of hydrogen-bond donors (Lipinski definition) is 2. The smallest absolute Gasteiger partial charge is 0.0737 e. The van der Waals surface area contributed by atoms with Crippen molar-refractivity contribution in [3.05, 3.63) is 35.5 Å². The molecule has 2 N–H and O–H groups in total. The minimum absolute atomic E-state index is 0.161. The minimum Gasteiger partial charge on any atom is -0.394 e. The van der Waals surface area contributed by atoms with E-state index in [-0.39, 0.29) is 12.1 Å². The first-order chi connectivity index (χ1) is 10.1. The quantitative estimate of drug-likeness (QED) is 0.891. The van der Waals surface area contributed by atoms with E-state index in [2.05, 4.69) is 17.2 Å². The van der Waals surface area contributed by atoms with Gasteiger partial charge >= 0.3 is 0 Å². The second kappa shape index (κ2) is 5.82. The largest absolute Gasteiger partial charge is 0.394 e. The van der Waals surface area contributed by atoms with Crippen molar-refractivity contribution in [2.75, 3.05) is 11.9 Å². The predicted molar refractivity (Wildman–Crippen MR) is 87.8 cm³/mol. The lowest BCUT2D eigenvalue weighted by atomic mass is 9.76. The number of rotatable bonds is 3. The number of halogens is 1. The molecule has 1 heterocycles. The molecule has 0 amide bonds. The van der Waals surface area contributed by atoms with Crippen LogP contribution in [0.3, 0.4) is 0 Å². The van der Waals surface area contributed by atoms with Crippen LogP contribution in [0.25, 0.3) is 10.9 Å². The minimum atomic E-state index is -0.217. The third kappa shape index (κ3) is 2.99. The van der Waals surface area contributed by atoms with E-state index in [1.165, 1.54) is 6.42 Å². The standard InChI is InChI=1S/C17H21ClN2O/c1-12-3-2-7-17(10-12,11-21)20-15-6-8-19-16-9-13(18)4-5-14(15)16/h4-6,8-9,12,21H,2-3,7,10-11H2,1H3,(H,19,20). The third-order valence-electron chi connectivity index (χ3n) is 4.50. The van der Waals surface area contributed by atoms with Gasteiger partial charge in [0.25, 0.3) is 0 Å². The lowest BCUT2D eigenvalue weighted by Crippen LogP contribution is -2.45. The maximum atomic E-state index is 9.94. The number of anilines is 1. The highest BCUT2D eigenvalue weighted by Gasteiger charge is 2.34. The molecular weight excluding hydrogens is 284 g/mol. The van der Waals surface area contributed by atoms with Gasteiger partial charge in [0.1, 0.15) is 0 Å². The van der Waals surface area contributed by atoms with Crippen LogP contribution in [0.15, 0.2) is 30.5 Å². The first-order valence-corrected chi connectivity index (χ1v) is 7.93. The number of benzene rings is 1. The Morgan fingerprint density at radius 1 is 1.43 bits per heavy atom. The molecule has 3 nitrogen and oxygen atoms in total. The molecule has 0 saturated heterocycles. The van der Waals surface area contributed by atoms with Crippen LogP contribution in [0.5, 0.6) is 0 Å². The van der Waals surface area contributed by atoms with Gasteiger partial charge in [-0.2, -0.15) is 0 Å². The fourth-order valence-electron chi connectivity index (χ4n) is 3.47. The number of pyridine rings is 1. The lowest BCUT2D eigenvalue weighted by Gasteiger charge is -2.40. The van der Waals surface area contributed by atoms with Crippen molar-refractivity contribution in [1.82, 2.24) is 4.98 Å². The Morgan fingerprint density at radius 3 is 3.05 bits per heavy atom. The highest BCUT2D eigenvalue weighted by atomic mass is 35.5. The molecule has 2 atom stereocenters. The zero-order chi connectivity index (χ0) is 14.9. The summed E-state index contributed by atoms with van der Waals surface area (Å²) in [5, 5.41) is 15.3. The van der Waals surface area contributed by atoms with Gasteiger partial charge in [-0.1, -0.05) is 31.4 Å². The summed E-state index contributed by atoms with van der Waals surface area (Å²) in [5.41, 5.74) is 1.69. The molecule has 0 radical (unpaired) electrons. The van der Waals surface area contributed by atoms with E-state index in [1.54, 1.807) is 6.20 Å². The summed E-state index contributed by atoms with van der Waals surface area (Å²) in [7, 11) is 0. The number of aliphatic hydroxyl groups is 1. The van der Waals surface area contributed by atoms with Gasteiger partial charge < -0.3 is 10.4 Å². The van der Waals surface area contributed by atoms with Gasteiger partial charge in [0.2, 0.25) is 0 Å². The molecule has 1 aliphatic carbocycles. The summed E-state index contributed by atoms with van der Waals surface area (Å²) < 4.78 is 0. The molecule has 21 heavy (non-hydrogen) atoms. The SMILES string of the molecule is CC1CCCC(CO)(Nc2ccnc3cc(Cl)ccc23)C1. The summed E-state index contributed by atoms with van der Waals surface area (Å²) in [6.07, 6.45) is 6.20. The van der Waals surface area contributed by atoms with Crippen LogP contribution < -0.4 is 5.32 Å². The number of aliphatic hydroxyl groups excluding tert-OH is 1. The third-order valence-corrected chi connectivity index (χ3v) is 4.73. The zero-order valence-corrected chi connectivity index (χ0v) is 13.0. The summed E-state index contributed by atoms with van der Waals surface area (Å²) in [4.78, 5) is 4.37. The number of nitrogens with one attached hydrogen (secondary N) is 1. The van der Waals surface area contributed by atoms with E-state index in [1.807, 2.05) is 24.3 Å². The summed E-state index contributed by atoms with van der Waals surface area (Å²) in [6, 6.07) is 7.72. The lowest BCUT2D eigenvalue weighted by molar-refractivity contribution is 0.150. The maximum absolute atomic E-state index is 9.94. The molecule has 1 saturated carbocycles. The van der Waals surface area contributed by atoms with E-state index in [0.717, 1.165) is 35.9 Å². The highest BCUT2D eigenvalue weighted by molar-refractivity contribution is 6.31. The maximum Gasteiger partial charge on any atom is 0.0737 e. The molecule has 0 aliphatic heterocycles. The molecule has 1 aliphatic rings.